The van der Waals surface area contributed by atoms with E-state index in [0.717, 1.165) is 0 Å². The van der Waals surface area contributed by atoms with Gasteiger partial charge in [0.2, 0.25) is 17.1 Å². The summed E-state index contributed by atoms with van der Waals surface area (Å²) in [6.07, 6.45) is 5.96. The number of benzene rings is 1. The van der Waals surface area contributed by atoms with Crippen molar-refractivity contribution in [2.75, 3.05) is 14.2 Å². The van der Waals surface area contributed by atoms with Crippen molar-refractivity contribution < 1.29 is 22.7 Å². The van der Waals surface area contributed by atoms with Crippen molar-refractivity contribution in [1.82, 2.24) is 15.2 Å². The van der Waals surface area contributed by atoms with Crippen molar-refractivity contribution in [3.63, 3.8) is 0 Å². The molecule has 0 unspecified atom stereocenters. The molecule has 4 aromatic heterocycles. The van der Waals surface area contributed by atoms with Crippen molar-refractivity contribution in [3.8, 4) is 34.4 Å². The molecule has 0 spiro atoms. The topological polar surface area (TPSA) is 114 Å². The van der Waals surface area contributed by atoms with E-state index >= 15 is 0 Å². The summed E-state index contributed by atoms with van der Waals surface area (Å²) in [6, 6.07) is 5.21. The van der Waals surface area contributed by atoms with Gasteiger partial charge in [-0.05, 0) is 18.2 Å². The van der Waals surface area contributed by atoms with Crippen LogP contribution >= 0.6 is 0 Å². The molecular weight excluding hydrogens is 378 g/mol. The third kappa shape index (κ3) is 2.48. The molecule has 0 aliphatic carbocycles. The molecule has 9 heteroatoms. The van der Waals surface area contributed by atoms with Gasteiger partial charge in [-0.25, -0.2) is 0 Å². The molecule has 0 atom stereocenters. The minimum Gasteiger partial charge on any atom is -0.495 e. The van der Waals surface area contributed by atoms with E-state index in [4.69, 9.17) is 22.7 Å². The van der Waals surface area contributed by atoms with E-state index in [1.165, 1.54) is 26.7 Å². The number of hydrogen-bond donors (Lipinski definition) is 0. The zero-order chi connectivity index (χ0) is 20.0. The Morgan fingerprint density at radius 2 is 1.79 bits per heavy atom. The second-order valence-corrected chi connectivity index (χ2v) is 6.07. The molecule has 0 aliphatic heterocycles. The first-order valence-corrected chi connectivity index (χ1v) is 8.54. The van der Waals surface area contributed by atoms with Crippen LogP contribution in [-0.4, -0.2) is 29.4 Å². The molecule has 0 saturated carbocycles. The number of ether oxygens (including phenoxy) is 2. The monoisotopic (exact) mass is 391 g/mol. The van der Waals surface area contributed by atoms with Crippen LogP contribution in [0.4, 0.5) is 0 Å². The van der Waals surface area contributed by atoms with Gasteiger partial charge in [0, 0.05) is 12.4 Å². The van der Waals surface area contributed by atoms with Crippen LogP contribution in [0.5, 0.6) is 11.5 Å². The number of pyridine rings is 1. The highest BCUT2D eigenvalue weighted by Crippen LogP contribution is 2.42. The van der Waals surface area contributed by atoms with Crippen LogP contribution in [-0.2, 0) is 0 Å². The van der Waals surface area contributed by atoms with Crippen molar-refractivity contribution in [2.24, 2.45) is 0 Å². The maximum atomic E-state index is 13.3. The summed E-state index contributed by atoms with van der Waals surface area (Å²) in [5.41, 5.74) is 0.960. The number of aromatic nitrogens is 3. The molecule has 0 N–H and O–H groups in total. The van der Waals surface area contributed by atoms with Gasteiger partial charge in [0.1, 0.15) is 23.0 Å². The predicted octanol–water partition coefficient (Wildman–Crippen LogP) is 3.67. The van der Waals surface area contributed by atoms with Crippen LogP contribution in [0.3, 0.4) is 0 Å². The van der Waals surface area contributed by atoms with Gasteiger partial charge in [0.25, 0.3) is 5.89 Å². The zero-order valence-electron chi connectivity index (χ0n) is 15.3. The molecule has 0 bridgehead atoms. The molecule has 29 heavy (non-hydrogen) atoms. The summed E-state index contributed by atoms with van der Waals surface area (Å²) >= 11 is 0. The average Bonchev–Trinajstić information content (AvgIpc) is 3.43. The van der Waals surface area contributed by atoms with Crippen LogP contribution in [0, 0.1) is 0 Å². The number of methoxy groups -OCH3 is 2. The standard InChI is InChI=1S/C20H13N3O6/c1-25-15-11-5-7-27-16(11)18(26-2)17-13(15)14(24)12(9-28-17)20-23-22-19(29-20)10-4-3-6-21-8-10/h3-9H,1-2H3. The van der Waals surface area contributed by atoms with Crippen LogP contribution in [0.25, 0.3) is 44.8 Å². The Morgan fingerprint density at radius 3 is 2.55 bits per heavy atom. The largest absolute Gasteiger partial charge is 0.495 e. The van der Waals surface area contributed by atoms with Crippen molar-refractivity contribution in [3.05, 3.63) is 53.3 Å². The lowest BCUT2D eigenvalue weighted by Crippen LogP contribution is -2.07. The minimum absolute atomic E-state index is 0.0211. The lowest BCUT2D eigenvalue weighted by Gasteiger charge is -2.10. The molecule has 0 fully saturated rings. The highest BCUT2D eigenvalue weighted by atomic mass is 16.5. The van der Waals surface area contributed by atoms with Crippen LogP contribution in [0.15, 0.2) is 61.2 Å². The summed E-state index contributed by atoms with van der Waals surface area (Å²) in [7, 11) is 2.93. The number of rotatable bonds is 4. The summed E-state index contributed by atoms with van der Waals surface area (Å²) in [6.45, 7) is 0. The van der Waals surface area contributed by atoms with E-state index in [1.807, 2.05) is 0 Å². The van der Waals surface area contributed by atoms with Crippen LogP contribution < -0.4 is 14.9 Å². The maximum absolute atomic E-state index is 13.3. The minimum atomic E-state index is -0.397. The Hall–Kier alpha value is -4.14. The summed E-state index contributed by atoms with van der Waals surface area (Å²) in [4.78, 5) is 17.3. The zero-order valence-corrected chi connectivity index (χ0v) is 15.3. The Morgan fingerprint density at radius 1 is 0.966 bits per heavy atom. The number of nitrogens with zero attached hydrogens (tertiary/aromatic N) is 3. The van der Waals surface area contributed by atoms with Crippen molar-refractivity contribution in [2.45, 2.75) is 0 Å². The van der Waals surface area contributed by atoms with E-state index in [0.29, 0.717) is 28.0 Å². The van der Waals surface area contributed by atoms with E-state index in [-0.39, 0.29) is 28.3 Å². The highest BCUT2D eigenvalue weighted by molar-refractivity contribution is 6.07. The molecule has 0 aliphatic rings. The van der Waals surface area contributed by atoms with Gasteiger partial charge in [-0.2, -0.15) is 0 Å². The first-order valence-electron chi connectivity index (χ1n) is 8.54. The SMILES string of the molecule is COc1c2occc2c(OC)c2c(=O)c(-c3nnc(-c4cccnc4)o3)coc12. The highest BCUT2D eigenvalue weighted by Gasteiger charge is 2.25. The van der Waals surface area contributed by atoms with Gasteiger partial charge in [-0.15, -0.1) is 10.2 Å². The van der Waals surface area contributed by atoms with Crippen molar-refractivity contribution >= 4 is 21.9 Å². The van der Waals surface area contributed by atoms with Gasteiger partial charge in [0.05, 0.1) is 31.4 Å². The lowest BCUT2D eigenvalue weighted by molar-refractivity contribution is 0.400. The molecule has 4 heterocycles. The second-order valence-electron chi connectivity index (χ2n) is 6.07. The van der Waals surface area contributed by atoms with Crippen LogP contribution in [0.1, 0.15) is 0 Å². The fraction of sp³-hybridized carbons (Fsp3) is 0.100. The third-order valence-corrected chi connectivity index (χ3v) is 4.51. The third-order valence-electron chi connectivity index (χ3n) is 4.51. The average molecular weight is 391 g/mol. The summed E-state index contributed by atoms with van der Waals surface area (Å²) in [5.74, 6) is 0.869. The maximum Gasteiger partial charge on any atom is 0.255 e. The van der Waals surface area contributed by atoms with Crippen LogP contribution in [0.2, 0.25) is 0 Å². The normalized spacial score (nSPS) is 11.2. The Kier molecular flexibility index (Phi) is 3.80. The molecule has 5 aromatic rings. The molecular formula is C20H13N3O6. The number of fused-ring (bicyclic) bond motifs is 2. The lowest BCUT2D eigenvalue weighted by atomic mass is 10.1. The van der Waals surface area contributed by atoms with Gasteiger partial charge >= 0.3 is 0 Å². The molecule has 144 valence electrons. The molecule has 9 nitrogen and oxygen atoms in total. The fourth-order valence-corrected chi connectivity index (χ4v) is 3.23. The first kappa shape index (κ1) is 17.0. The van der Waals surface area contributed by atoms with E-state index in [2.05, 4.69) is 15.2 Å². The van der Waals surface area contributed by atoms with Gasteiger partial charge in [-0.3, -0.25) is 9.78 Å². The van der Waals surface area contributed by atoms with E-state index in [1.54, 1.807) is 30.6 Å². The van der Waals surface area contributed by atoms with E-state index in [9.17, 15) is 4.79 Å². The number of furan rings is 1. The molecule has 0 saturated heterocycles. The quantitative estimate of drug-likeness (QED) is 0.452. The molecule has 0 amide bonds. The van der Waals surface area contributed by atoms with Gasteiger partial charge in [0.15, 0.2) is 11.2 Å². The second kappa shape index (κ2) is 6.48. The predicted molar refractivity (Wildman–Crippen MR) is 102 cm³/mol. The molecule has 5 rings (SSSR count). The smallest absolute Gasteiger partial charge is 0.255 e. The van der Waals surface area contributed by atoms with Gasteiger partial charge < -0.3 is 22.7 Å². The Bertz CT molecular complexity index is 1400. The Labute approximate surface area is 162 Å². The molecule has 0 radical (unpaired) electrons. The van der Waals surface area contributed by atoms with Gasteiger partial charge in [-0.1, -0.05) is 0 Å². The van der Waals surface area contributed by atoms with E-state index < -0.39 is 5.43 Å². The first-order chi connectivity index (χ1) is 14.2. The summed E-state index contributed by atoms with van der Waals surface area (Å²) < 4.78 is 27.8. The van der Waals surface area contributed by atoms with Crippen molar-refractivity contribution in [1.29, 1.82) is 0 Å². The Balaban J connectivity index is 1.77. The molecule has 1 aromatic carbocycles. The number of hydrogen-bond acceptors (Lipinski definition) is 9. The summed E-state index contributed by atoms with van der Waals surface area (Å²) in [5, 5.41) is 8.76. The fourth-order valence-electron chi connectivity index (χ4n) is 3.23.